The summed E-state index contributed by atoms with van der Waals surface area (Å²) < 4.78 is 55.7. The second-order valence-electron chi connectivity index (χ2n) is 19.9. The molecule has 1 amide bonds. The summed E-state index contributed by atoms with van der Waals surface area (Å²) >= 11 is 0. The Morgan fingerprint density at radius 3 is 1.57 bits per heavy atom. The first-order chi connectivity index (χ1) is 37.8. The summed E-state index contributed by atoms with van der Waals surface area (Å²) in [5, 5.41) is 0. The van der Waals surface area contributed by atoms with Gasteiger partial charge in [-0.2, -0.15) is 0 Å². The van der Waals surface area contributed by atoms with E-state index in [1.54, 1.807) is 0 Å². The molecule has 2 unspecified atom stereocenters. The molecule has 8 aromatic carbocycles. The van der Waals surface area contributed by atoms with E-state index in [0.29, 0.717) is 50.6 Å². The van der Waals surface area contributed by atoms with Crippen molar-refractivity contribution in [2.24, 2.45) is 5.92 Å². The largest absolute Gasteiger partial charge is 0.489 e. The van der Waals surface area contributed by atoms with E-state index in [0.717, 1.165) is 50.2 Å². The monoisotopic (exact) mass is 1030 g/mol. The third-order valence-electron chi connectivity index (χ3n) is 14.4. The zero-order valence-corrected chi connectivity index (χ0v) is 43.3. The van der Waals surface area contributed by atoms with Gasteiger partial charge in [-0.3, -0.25) is 9.59 Å². The Bertz CT molecular complexity index is 3110. The number of carbonyl (C=O) groups is 2. The van der Waals surface area contributed by atoms with Crippen LogP contribution in [0.1, 0.15) is 73.7 Å². The van der Waals surface area contributed by atoms with Crippen LogP contribution in [0.5, 0.6) is 5.75 Å². The first-order valence-electron chi connectivity index (χ1n) is 26.5. The normalized spacial score (nSPS) is 20.1. The van der Waals surface area contributed by atoms with Gasteiger partial charge in [0.15, 0.2) is 5.78 Å². The number of ketones is 1. The lowest BCUT2D eigenvalue weighted by atomic mass is 9.77. The minimum Gasteiger partial charge on any atom is -0.489 e. The molecule has 0 aliphatic carbocycles. The average molecular weight is 1030 g/mol. The number of benzene rings is 8. The van der Waals surface area contributed by atoms with Gasteiger partial charge in [0, 0.05) is 29.7 Å². The third-order valence-corrected chi connectivity index (χ3v) is 14.4. The van der Waals surface area contributed by atoms with Gasteiger partial charge in [-0.15, -0.1) is 0 Å². The van der Waals surface area contributed by atoms with Crippen molar-refractivity contribution in [3.8, 4) is 5.75 Å². The van der Waals surface area contributed by atoms with Crippen molar-refractivity contribution in [1.29, 1.82) is 0 Å². The van der Waals surface area contributed by atoms with E-state index in [-0.39, 0.29) is 31.3 Å². The van der Waals surface area contributed by atoms with Gasteiger partial charge in [-0.05, 0) is 89.2 Å². The van der Waals surface area contributed by atoms with Crippen LogP contribution < -0.4 is 9.64 Å². The van der Waals surface area contributed by atoms with Crippen molar-refractivity contribution in [2.75, 3.05) is 11.5 Å². The minimum atomic E-state index is -0.622. The van der Waals surface area contributed by atoms with Crippen LogP contribution in [0, 0.1) is 18.7 Å². The lowest BCUT2D eigenvalue weighted by Crippen LogP contribution is -2.61. The second kappa shape index (κ2) is 26.0. The number of hydrogen-bond acceptors (Lipinski definition) is 8. The number of hydrogen-bond donors (Lipinski definition) is 0. The fourth-order valence-electron chi connectivity index (χ4n) is 10.3. The number of halogens is 1. The van der Waals surface area contributed by atoms with E-state index in [1.165, 1.54) is 24.3 Å². The van der Waals surface area contributed by atoms with E-state index in [2.05, 4.69) is 30.3 Å². The Labute approximate surface area is 451 Å². The van der Waals surface area contributed by atoms with Crippen molar-refractivity contribution in [2.45, 2.75) is 95.8 Å². The van der Waals surface area contributed by atoms with Crippen LogP contribution in [0.4, 0.5) is 10.1 Å². The van der Waals surface area contributed by atoms with Crippen LogP contribution >= 0.6 is 0 Å². The topological polar surface area (TPSA) is 92.8 Å². The van der Waals surface area contributed by atoms with Gasteiger partial charge >= 0.3 is 0 Å². The predicted octanol–water partition coefficient (Wildman–Crippen LogP) is 13.4. The fraction of sp³-hybridized carbons (Fsp3) is 0.254. The van der Waals surface area contributed by atoms with E-state index in [1.807, 2.05) is 176 Å². The lowest BCUT2D eigenvalue weighted by Gasteiger charge is -2.48. The number of nitrogens with zero attached hydrogens (tertiary/aromatic N) is 1. The van der Waals surface area contributed by atoms with Gasteiger partial charge in [-0.25, -0.2) is 4.39 Å². The molecule has 2 fully saturated rings. The highest BCUT2D eigenvalue weighted by molar-refractivity contribution is 6.04. The van der Waals surface area contributed by atoms with Gasteiger partial charge in [-0.1, -0.05) is 181 Å². The highest BCUT2D eigenvalue weighted by Crippen LogP contribution is 2.49. The number of rotatable bonds is 24. The molecule has 9 nitrogen and oxygen atoms in total. The Morgan fingerprint density at radius 2 is 1.03 bits per heavy atom. The molecule has 10 heteroatoms. The molecule has 0 aromatic heterocycles. The SMILES string of the molecule is Cc1ccc(N2C(=O)[C@H](CCC(=O)c3ccc(F)cc3)[C@H]2c2ccc(C[C@@H]3OC(COCc4ccccc4)[C@@H](OCc4ccccc4)[C@@H](OCc4ccccc4)C3OCc3ccccc3)cc2OCc2ccccc2)cc1. The van der Waals surface area contributed by atoms with Crippen LogP contribution in [0.25, 0.3) is 0 Å². The van der Waals surface area contributed by atoms with Crippen molar-refractivity contribution < 1.29 is 42.4 Å². The van der Waals surface area contributed by atoms with Gasteiger partial charge < -0.3 is 33.3 Å². The molecule has 2 aliphatic rings. The van der Waals surface area contributed by atoms with Crippen molar-refractivity contribution in [3.63, 3.8) is 0 Å². The molecular formula is C67H64FNO8. The molecule has 0 bridgehead atoms. The molecule has 0 radical (unpaired) electrons. The highest BCUT2D eigenvalue weighted by atomic mass is 19.1. The number of amides is 1. The Morgan fingerprint density at radius 1 is 0.532 bits per heavy atom. The summed E-state index contributed by atoms with van der Waals surface area (Å²) in [5.41, 5.74) is 9.02. The van der Waals surface area contributed by atoms with Crippen molar-refractivity contribution in [1.82, 2.24) is 0 Å². The number of ether oxygens (including phenoxy) is 6. The van der Waals surface area contributed by atoms with Gasteiger partial charge in [0.2, 0.25) is 5.91 Å². The second-order valence-corrected chi connectivity index (χ2v) is 19.9. The van der Waals surface area contributed by atoms with Crippen molar-refractivity contribution in [3.05, 3.63) is 274 Å². The quantitative estimate of drug-likeness (QED) is 0.0436. The number of β-lactam (4-membered cyclic amide) rings is 1. The maximum Gasteiger partial charge on any atom is 0.233 e. The summed E-state index contributed by atoms with van der Waals surface area (Å²) in [7, 11) is 0. The number of Topliss-reactive ketones (excluding diaryl/α,β-unsaturated/α-hetero) is 1. The first kappa shape index (κ1) is 52.9. The molecule has 0 saturated carbocycles. The van der Waals surface area contributed by atoms with Crippen LogP contribution in [0.3, 0.4) is 0 Å². The molecule has 0 N–H and O–H groups in total. The van der Waals surface area contributed by atoms with Crippen molar-refractivity contribution >= 4 is 17.4 Å². The van der Waals surface area contributed by atoms with Crippen LogP contribution in [0.15, 0.2) is 218 Å². The summed E-state index contributed by atoms with van der Waals surface area (Å²) in [6.07, 6.45) is -2.16. The minimum absolute atomic E-state index is 0.0797. The summed E-state index contributed by atoms with van der Waals surface area (Å²) in [5.74, 6) is -0.571. The molecule has 2 saturated heterocycles. The Hall–Kier alpha value is -7.57. The zero-order chi connectivity index (χ0) is 52.8. The van der Waals surface area contributed by atoms with Gasteiger partial charge in [0.05, 0.1) is 51.1 Å². The number of aryl methyl sites for hydroxylation is 1. The summed E-state index contributed by atoms with van der Waals surface area (Å²) in [6.45, 7) is 3.83. The van der Waals surface area contributed by atoms with Gasteiger partial charge in [0.25, 0.3) is 0 Å². The maximum atomic E-state index is 14.4. The fourth-order valence-corrected chi connectivity index (χ4v) is 10.3. The van der Waals surface area contributed by atoms with Crippen LogP contribution in [0.2, 0.25) is 0 Å². The molecule has 2 aliphatic heterocycles. The molecule has 10 rings (SSSR count). The number of anilines is 1. The molecule has 392 valence electrons. The van der Waals surface area contributed by atoms with E-state index >= 15 is 0 Å². The molecule has 8 aromatic rings. The smallest absolute Gasteiger partial charge is 0.233 e. The Balaban J connectivity index is 1.02. The summed E-state index contributed by atoms with van der Waals surface area (Å²) in [4.78, 5) is 29.8. The third kappa shape index (κ3) is 13.7. The molecule has 7 atom stereocenters. The van der Waals surface area contributed by atoms with Crippen LogP contribution in [-0.2, 0) is 67.9 Å². The van der Waals surface area contributed by atoms with E-state index < -0.39 is 48.3 Å². The lowest BCUT2D eigenvalue weighted by molar-refractivity contribution is -0.272. The average Bonchev–Trinajstić information content (AvgIpc) is 3.54. The van der Waals surface area contributed by atoms with E-state index in [9.17, 15) is 14.0 Å². The molecule has 77 heavy (non-hydrogen) atoms. The highest BCUT2D eigenvalue weighted by Gasteiger charge is 2.51. The standard InChI is InChI=1S/C67H64FNO8/c1-47-27-34-56(35-28-47)69-63(58(67(69)71)37-38-59(70)54-30-32-55(68)33-31-54)57-36-29-53(39-60(57)73-42-49-19-9-3-10-20-49)40-61-64(74-43-50-21-11-4-12-22-50)66(76-45-52-25-15-6-16-26-52)65(75-44-51-23-13-5-14-24-51)62(77-61)46-72-41-48-17-7-2-8-18-48/h2-36,39,58,61-66H,37-38,40-46H2,1H3/t58-,61+,62?,63-,64?,65-,66+/m1/s1. The first-order valence-corrected chi connectivity index (χ1v) is 26.5. The molecular weight excluding hydrogens is 966 g/mol. The van der Waals surface area contributed by atoms with Gasteiger partial charge in [0.1, 0.15) is 42.6 Å². The summed E-state index contributed by atoms with van der Waals surface area (Å²) in [6, 6.07) is 69.6. The number of carbonyl (C=O) groups excluding carboxylic acids is 2. The van der Waals surface area contributed by atoms with E-state index in [4.69, 9.17) is 28.4 Å². The molecule has 2 heterocycles. The van der Waals surface area contributed by atoms with Crippen LogP contribution in [-0.4, -0.2) is 48.8 Å². The maximum absolute atomic E-state index is 14.4. The molecule has 0 spiro atoms. The zero-order valence-electron chi connectivity index (χ0n) is 43.3. The predicted molar refractivity (Wildman–Crippen MR) is 296 cm³/mol. The Kier molecular flexibility index (Phi) is 17.8.